The van der Waals surface area contributed by atoms with Crippen molar-refractivity contribution >= 4 is 141 Å². The minimum Gasteiger partial charge on any atom is -0.309 e. The van der Waals surface area contributed by atoms with Crippen LogP contribution in [0.1, 0.15) is 52.7 Å². The summed E-state index contributed by atoms with van der Waals surface area (Å²) in [5.74, 6) is 0. The summed E-state index contributed by atoms with van der Waals surface area (Å²) in [6.45, 7) is 14.2. The van der Waals surface area contributed by atoms with Crippen LogP contribution in [-0.2, 0) is 10.8 Å². The Hall–Kier alpha value is -10.5. The molecule has 7 aromatic heterocycles. The van der Waals surface area contributed by atoms with E-state index in [1.54, 1.807) is 0 Å². The quantitative estimate of drug-likeness (QED) is 0.173. The van der Waals surface area contributed by atoms with Crippen LogP contribution in [0.2, 0.25) is 0 Å². The first-order valence-corrected chi connectivity index (χ1v) is 30.3. The number of hydrogen-bond acceptors (Lipinski definition) is 1. The van der Waals surface area contributed by atoms with Crippen LogP contribution in [0.25, 0.3) is 175 Å². The Morgan fingerprint density at radius 3 is 1.38 bits per heavy atom. The normalized spacial score (nSPS) is 13.0. The summed E-state index contributed by atoms with van der Waals surface area (Å²) in [6.07, 6.45) is 2.22. The van der Waals surface area contributed by atoms with Gasteiger partial charge in [-0.3, -0.25) is 4.40 Å². The van der Waals surface area contributed by atoms with E-state index in [0.29, 0.717) is 0 Å². The van der Waals surface area contributed by atoms with Gasteiger partial charge in [0.15, 0.2) is 0 Å². The smallest absolute Gasteiger partial charge is 0.146 e. The van der Waals surface area contributed by atoms with Crippen LogP contribution in [0.15, 0.2) is 237 Å². The third-order valence-corrected chi connectivity index (χ3v) is 19.5. The molecule has 5 heteroatoms. The van der Waals surface area contributed by atoms with E-state index in [4.69, 9.17) is 4.98 Å². The lowest BCUT2D eigenvalue weighted by molar-refractivity contribution is 0.591. The maximum Gasteiger partial charge on any atom is 0.146 e. The minimum absolute atomic E-state index is 0.138. The van der Waals surface area contributed by atoms with Crippen LogP contribution in [0.5, 0.6) is 0 Å². The summed E-state index contributed by atoms with van der Waals surface area (Å²) in [6, 6.07) is 86.7. The van der Waals surface area contributed by atoms with E-state index in [0.717, 1.165) is 22.5 Å². The Labute approximate surface area is 495 Å². The predicted molar refractivity (Wildman–Crippen MR) is 366 cm³/mol. The molecule has 0 spiro atoms. The summed E-state index contributed by atoms with van der Waals surface area (Å²) in [5.41, 5.74) is 21.2. The number of para-hydroxylation sites is 4. The molecule has 0 aliphatic carbocycles. The van der Waals surface area contributed by atoms with Crippen molar-refractivity contribution in [3.8, 4) is 33.6 Å². The lowest BCUT2D eigenvalue weighted by Crippen LogP contribution is -2.10. The molecule has 0 fully saturated rings. The Bertz CT molecular complexity index is 6100. The van der Waals surface area contributed by atoms with Gasteiger partial charge in [0.2, 0.25) is 0 Å². The van der Waals surface area contributed by atoms with Crippen molar-refractivity contribution in [3.05, 3.63) is 248 Å². The first-order valence-electron chi connectivity index (χ1n) is 30.3. The molecule has 0 saturated heterocycles. The SMILES string of the molecule is CC(C)(C)c1cc2c3cc4ccccc4c(-c4ccc5c(c4)c4ccccc4n5-c4ccccc4)c3n3c4cnc5c(c6cc(C(C)(C)C)cc7c8c9ccccc9cc(-c9ccc%10c(c9)c9ccccc9n%10-c9ccccc9)c8n5c67)c4c(c1)c23. The van der Waals surface area contributed by atoms with Gasteiger partial charge in [-0.1, -0.05) is 175 Å². The highest BCUT2D eigenvalue weighted by atomic mass is 15.0. The highest BCUT2D eigenvalue weighted by Crippen LogP contribution is 2.53. The van der Waals surface area contributed by atoms with Crippen LogP contribution in [0.4, 0.5) is 0 Å². The molecule has 5 nitrogen and oxygen atoms in total. The van der Waals surface area contributed by atoms with Crippen LogP contribution in [-0.4, -0.2) is 22.9 Å². The van der Waals surface area contributed by atoms with E-state index in [9.17, 15) is 0 Å². The molecule has 0 N–H and O–H groups in total. The van der Waals surface area contributed by atoms with Crippen molar-refractivity contribution in [3.63, 3.8) is 0 Å². The van der Waals surface area contributed by atoms with Crippen molar-refractivity contribution in [2.45, 2.75) is 52.4 Å². The standard InChI is InChI=1S/C81H57N5/c1-80(2,3)50-41-62-61-39-47-22-13-15-27-54(47)71(49-34-36-69-60(40-49)57-30-18-20-32-67(57)84(69)53-25-11-8-12-26-53)78(61)85-70-45-82-79-74(73(70)64(43-50)75(62)85)65-44-51(81(4,5)6)42-63-72-55-28-16-14-21-46(55)37-58(77(72)86(79)76(63)65)48-33-35-68-59(38-48)56-29-17-19-31-66(56)83(68)52-23-9-7-10-24-52/h7-45H,1-6H3. The van der Waals surface area contributed by atoms with Gasteiger partial charge in [0, 0.05) is 87.1 Å². The summed E-state index contributed by atoms with van der Waals surface area (Å²) >= 11 is 0. The molecule has 0 unspecified atom stereocenters. The Kier molecular flexibility index (Phi) is 9.28. The number of benzene rings is 12. The van der Waals surface area contributed by atoms with Gasteiger partial charge >= 0.3 is 0 Å². The fraction of sp³-hybridized carbons (Fsp3) is 0.0988. The number of hydrogen-bond donors (Lipinski definition) is 0. The zero-order valence-corrected chi connectivity index (χ0v) is 48.8. The van der Waals surface area contributed by atoms with E-state index in [1.807, 2.05) is 0 Å². The van der Waals surface area contributed by atoms with Gasteiger partial charge in [0.25, 0.3) is 0 Å². The molecule has 0 bridgehead atoms. The molecular formula is C81H57N5. The topological polar surface area (TPSA) is 31.6 Å². The van der Waals surface area contributed by atoms with Crippen molar-refractivity contribution in [1.82, 2.24) is 22.9 Å². The highest BCUT2D eigenvalue weighted by Gasteiger charge is 2.32. The van der Waals surface area contributed by atoms with Gasteiger partial charge < -0.3 is 13.5 Å². The maximum absolute atomic E-state index is 5.86. The van der Waals surface area contributed by atoms with Crippen molar-refractivity contribution in [2.24, 2.45) is 0 Å². The van der Waals surface area contributed by atoms with Gasteiger partial charge in [-0.2, -0.15) is 0 Å². The summed E-state index contributed by atoms with van der Waals surface area (Å²) < 4.78 is 10.0. The molecule has 0 aliphatic rings. The monoisotopic (exact) mass is 1100 g/mol. The van der Waals surface area contributed by atoms with Gasteiger partial charge in [-0.25, -0.2) is 4.98 Å². The summed E-state index contributed by atoms with van der Waals surface area (Å²) in [5, 5.41) is 19.9. The van der Waals surface area contributed by atoms with Crippen LogP contribution >= 0.6 is 0 Å². The van der Waals surface area contributed by atoms with E-state index >= 15 is 0 Å². The molecule has 0 amide bonds. The zero-order chi connectivity index (χ0) is 57.2. The van der Waals surface area contributed by atoms with Crippen molar-refractivity contribution in [2.75, 3.05) is 0 Å². The fourth-order valence-electron chi connectivity index (χ4n) is 15.5. The Morgan fingerprint density at radius 2 is 0.767 bits per heavy atom. The molecule has 86 heavy (non-hydrogen) atoms. The number of aromatic nitrogens is 5. The van der Waals surface area contributed by atoms with Gasteiger partial charge in [-0.05, 0) is 152 Å². The second-order valence-corrected chi connectivity index (χ2v) is 26.3. The lowest BCUT2D eigenvalue weighted by atomic mass is 9.84. The third-order valence-electron chi connectivity index (χ3n) is 19.5. The molecule has 7 heterocycles. The molecule has 12 aromatic carbocycles. The van der Waals surface area contributed by atoms with Crippen LogP contribution in [0.3, 0.4) is 0 Å². The first-order chi connectivity index (χ1) is 42.0. The second-order valence-electron chi connectivity index (χ2n) is 26.3. The van der Waals surface area contributed by atoms with Crippen LogP contribution in [0, 0.1) is 0 Å². The zero-order valence-electron chi connectivity index (χ0n) is 48.8. The van der Waals surface area contributed by atoms with Gasteiger partial charge in [0.1, 0.15) is 5.65 Å². The van der Waals surface area contributed by atoms with E-state index in [-0.39, 0.29) is 10.8 Å². The third kappa shape index (κ3) is 6.26. The molecule has 406 valence electrons. The summed E-state index contributed by atoms with van der Waals surface area (Å²) in [7, 11) is 0. The lowest BCUT2D eigenvalue weighted by Gasteiger charge is -2.20. The average molecular weight is 1100 g/mol. The molecular weight excluding hydrogens is 1040 g/mol. The molecule has 0 aliphatic heterocycles. The summed E-state index contributed by atoms with van der Waals surface area (Å²) in [4.78, 5) is 5.86. The molecule has 19 aromatic rings. The number of fused-ring (bicyclic) bond motifs is 22. The molecule has 19 rings (SSSR count). The van der Waals surface area contributed by atoms with E-state index in [2.05, 4.69) is 296 Å². The maximum atomic E-state index is 5.86. The predicted octanol–water partition coefficient (Wildman–Crippen LogP) is 21.8. The number of pyridine rings is 1. The minimum atomic E-state index is -0.149. The Morgan fingerprint density at radius 1 is 0.302 bits per heavy atom. The molecule has 0 saturated carbocycles. The van der Waals surface area contributed by atoms with Gasteiger partial charge in [0.05, 0.1) is 55.8 Å². The van der Waals surface area contributed by atoms with E-state index in [1.165, 1.54) is 164 Å². The average Bonchev–Trinajstić information content (AvgIpc) is 1.53. The number of rotatable bonds is 4. The largest absolute Gasteiger partial charge is 0.309 e. The highest BCUT2D eigenvalue weighted by molar-refractivity contribution is 6.38. The van der Waals surface area contributed by atoms with Crippen molar-refractivity contribution < 1.29 is 0 Å². The molecule has 0 radical (unpaired) electrons. The second kappa shape index (κ2) is 16.6. The fourth-order valence-corrected chi connectivity index (χ4v) is 15.5. The van der Waals surface area contributed by atoms with Crippen molar-refractivity contribution in [1.29, 1.82) is 0 Å². The number of nitrogens with zero attached hydrogens (tertiary/aromatic N) is 5. The van der Waals surface area contributed by atoms with Gasteiger partial charge in [-0.15, -0.1) is 0 Å². The first kappa shape index (κ1) is 47.9. The molecule has 0 atom stereocenters. The van der Waals surface area contributed by atoms with E-state index < -0.39 is 0 Å². The van der Waals surface area contributed by atoms with Crippen LogP contribution < -0.4 is 0 Å². The Balaban J connectivity index is 0.970.